The number of hydrogen-bond acceptors (Lipinski definition) is 3. The molecule has 1 aliphatic rings. The Hall–Kier alpha value is -0.910. The van der Waals surface area contributed by atoms with Crippen LogP contribution in [0.15, 0.2) is 0 Å². The summed E-state index contributed by atoms with van der Waals surface area (Å²) >= 11 is 1.84. The standard InChI is InChI=1S/C11H20N2O3S/c1-3-9(10(14)15)6-12-11(16)13-4-5-17-7-8(13)2/h8-9H,3-7H2,1-2H3,(H,12,16)(H,14,15). The molecule has 0 radical (unpaired) electrons. The fraction of sp³-hybridized carbons (Fsp3) is 0.818. The van der Waals surface area contributed by atoms with Crippen molar-refractivity contribution in [3.63, 3.8) is 0 Å². The Labute approximate surface area is 106 Å². The van der Waals surface area contributed by atoms with Crippen LogP contribution in [0.4, 0.5) is 4.79 Å². The van der Waals surface area contributed by atoms with Crippen molar-refractivity contribution in [2.45, 2.75) is 26.3 Å². The Morgan fingerprint density at radius 1 is 1.59 bits per heavy atom. The molecule has 5 nitrogen and oxygen atoms in total. The van der Waals surface area contributed by atoms with Crippen LogP contribution in [0.5, 0.6) is 0 Å². The van der Waals surface area contributed by atoms with Crippen LogP contribution in [0.1, 0.15) is 20.3 Å². The van der Waals surface area contributed by atoms with Crippen molar-refractivity contribution in [2.75, 3.05) is 24.6 Å². The zero-order valence-corrected chi connectivity index (χ0v) is 11.1. The Morgan fingerprint density at radius 3 is 2.82 bits per heavy atom. The maximum atomic E-state index is 11.9. The summed E-state index contributed by atoms with van der Waals surface area (Å²) in [5, 5.41) is 11.6. The van der Waals surface area contributed by atoms with Gasteiger partial charge in [0.15, 0.2) is 0 Å². The van der Waals surface area contributed by atoms with Crippen LogP contribution in [0.3, 0.4) is 0 Å². The zero-order valence-electron chi connectivity index (χ0n) is 10.3. The highest BCUT2D eigenvalue weighted by Crippen LogP contribution is 2.15. The van der Waals surface area contributed by atoms with E-state index in [1.807, 2.05) is 25.6 Å². The third kappa shape index (κ3) is 4.11. The summed E-state index contributed by atoms with van der Waals surface area (Å²) in [7, 11) is 0. The molecule has 0 aromatic heterocycles. The molecule has 98 valence electrons. The summed E-state index contributed by atoms with van der Waals surface area (Å²) < 4.78 is 0. The molecule has 2 atom stereocenters. The summed E-state index contributed by atoms with van der Waals surface area (Å²) in [6.45, 7) is 4.77. The molecule has 1 aliphatic heterocycles. The van der Waals surface area contributed by atoms with Crippen LogP contribution < -0.4 is 5.32 Å². The van der Waals surface area contributed by atoms with E-state index in [1.54, 1.807) is 4.90 Å². The van der Waals surface area contributed by atoms with E-state index in [9.17, 15) is 9.59 Å². The summed E-state index contributed by atoms with van der Waals surface area (Å²) in [4.78, 5) is 24.5. The Morgan fingerprint density at radius 2 is 2.29 bits per heavy atom. The lowest BCUT2D eigenvalue weighted by molar-refractivity contribution is -0.141. The molecule has 1 heterocycles. The molecule has 0 aromatic carbocycles. The Bertz CT molecular complexity index is 286. The molecule has 2 unspecified atom stereocenters. The molecular weight excluding hydrogens is 240 g/mol. The van der Waals surface area contributed by atoms with Gasteiger partial charge in [-0.15, -0.1) is 0 Å². The second-order valence-corrected chi connectivity index (χ2v) is 5.40. The number of hydrogen-bond donors (Lipinski definition) is 2. The maximum absolute atomic E-state index is 11.9. The topological polar surface area (TPSA) is 69.6 Å². The van der Waals surface area contributed by atoms with Gasteiger partial charge in [0.2, 0.25) is 0 Å². The van der Waals surface area contributed by atoms with Gasteiger partial charge in [0, 0.05) is 30.6 Å². The number of carbonyl (C=O) groups excluding carboxylic acids is 1. The minimum atomic E-state index is -0.852. The Kier molecular flexibility index (Phi) is 5.61. The number of amides is 2. The molecule has 0 spiro atoms. The zero-order chi connectivity index (χ0) is 12.8. The molecule has 1 saturated heterocycles. The van der Waals surface area contributed by atoms with Crippen LogP contribution in [0.2, 0.25) is 0 Å². The van der Waals surface area contributed by atoms with E-state index >= 15 is 0 Å². The third-order valence-corrected chi connectivity index (χ3v) is 4.16. The molecule has 2 amide bonds. The number of nitrogens with zero attached hydrogens (tertiary/aromatic N) is 1. The summed E-state index contributed by atoms with van der Waals surface area (Å²) in [6, 6.07) is 0.0798. The van der Waals surface area contributed by atoms with E-state index in [0.29, 0.717) is 6.42 Å². The van der Waals surface area contributed by atoms with Crippen LogP contribution >= 0.6 is 11.8 Å². The van der Waals surface area contributed by atoms with Gasteiger partial charge in [-0.05, 0) is 13.3 Å². The van der Waals surface area contributed by atoms with Gasteiger partial charge in [0.05, 0.1) is 5.92 Å². The van der Waals surface area contributed by atoms with Crippen molar-refractivity contribution >= 4 is 23.8 Å². The quantitative estimate of drug-likeness (QED) is 0.798. The minimum absolute atomic E-state index is 0.141. The second-order valence-electron chi connectivity index (χ2n) is 4.25. The average Bonchev–Trinajstić information content (AvgIpc) is 2.29. The number of thioether (sulfide) groups is 1. The van der Waals surface area contributed by atoms with Gasteiger partial charge in [0.25, 0.3) is 0 Å². The minimum Gasteiger partial charge on any atom is -0.481 e. The van der Waals surface area contributed by atoms with Crippen molar-refractivity contribution in [1.29, 1.82) is 0 Å². The molecule has 6 heteroatoms. The third-order valence-electron chi connectivity index (χ3n) is 2.97. The van der Waals surface area contributed by atoms with Gasteiger partial charge in [0.1, 0.15) is 0 Å². The van der Waals surface area contributed by atoms with Gasteiger partial charge in [-0.2, -0.15) is 11.8 Å². The fourth-order valence-corrected chi connectivity index (χ4v) is 2.76. The largest absolute Gasteiger partial charge is 0.481 e. The van der Waals surface area contributed by atoms with Gasteiger partial charge in [-0.3, -0.25) is 4.79 Å². The van der Waals surface area contributed by atoms with Gasteiger partial charge in [-0.1, -0.05) is 6.92 Å². The highest BCUT2D eigenvalue weighted by molar-refractivity contribution is 7.99. The van der Waals surface area contributed by atoms with Crippen molar-refractivity contribution in [2.24, 2.45) is 5.92 Å². The first-order valence-electron chi connectivity index (χ1n) is 5.91. The van der Waals surface area contributed by atoms with E-state index in [4.69, 9.17) is 5.11 Å². The summed E-state index contributed by atoms with van der Waals surface area (Å²) in [6.07, 6.45) is 0.529. The normalized spacial score (nSPS) is 22.0. The SMILES string of the molecule is CCC(CNC(=O)N1CCSCC1C)C(=O)O. The first-order chi connectivity index (χ1) is 8.06. The predicted molar refractivity (Wildman–Crippen MR) is 68.3 cm³/mol. The van der Waals surface area contributed by atoms with E-state index in [1.165, 1.54) is 0 Å². The first-order valence-corrected chi connectivity index (χ1v) is 7.06. The van der Waals surface area contributed by atoms with E-state index in [-0.39, 0.29) is 18.6 Å². The number of nitrogens with one attached hydrogen (secondary N) is 1. The van der Waals surface area contributed by atoms with Crippen LogP contribution in [-0.4, -0.2) is 52.6 Å². The second kappa shape index (κ2) is 6.74. The van der Waals surface area contributed by atoms with Gasteiger partial charge >= 0.3 is 12.0 Å². The van der Waals surface area contributed by atoms with E-state index < -0.39 is 11.9 Å². The van der Waals surface area contributed by atoms with E-state index in [0.717, 1.165) is 18.1 Å². The lowest BCUT2D eigenvalue weighted by Gasteiger charge is -2.33. The number of carbonyl (C=O) groups is 2. The first kappa shape index (κ1) is 14.2. The molecular formula is C11H20N2O3S. The molecule has 17 heavy (non-hydrogen) atoms. The van der Waals surface area contributed by atoms with Gasteiger partial charge in [-0.25, -0.2) is 4.79 Å². The van der Waals surface area contributed by atoms with Crippen LogP contribution in [0, 0.1) is 5.92 Å². The molecule has 2 N–H and O–H groups in total. The number of carboxylic acid groups (broad SMARTS) is 1. The molecule has 0 aromatic rings. The smallest absolute Gasteiger partial charge is 0.317 e. The Balaban J connectivity index is 2.40. The van der Waals surface area contributed by atoms with Gasteiger partial charge < -0.3 is 15.3 Å². The lowest BCUT2D eigenvalue weighted by Crippen LogP contribution is -2.50. The molecule has 0 aliphatic carbocycles. The molecule has 0 bridgehead atoms. The predicted octanol–water partition coefficient (Wildman–Crippen LogP) is 1.24. The molecule has 1 fully saturated rings. The van der Waals surface area contributed by atoms with E-state index in [2.05, 4.69) is 5.32 Å². The van der Waals surface area contributed by atoms with Crippen LogP contribution in [-0.2, 0) is 4.79 Å². The monoisotopic (exact) mass is 260 g/mol. The number of aliphatic carboxylic acids is 1. The summed E-state index contributed by atoms with van der Waals surface area (Å²) in [5.74, 6) is 0.556. The average molecular weight is 260 g/mol. The van der Waals surface area contributed by atoms with Crippen LogP contribution in [0.25, 0.3) is 0 Å². The maximum Gasteiger partial charge on any atom is 0.317 e. The number of urea groups is 1. The fourth-order valence-electron chi connectivity index (χ4n) is 1.75. The van der Waals surface area contributed by atoms with Crippen molar-refractivity contribution < 1.29 is 14.7 Å². The molecule has 0 saturated carbocycles. The molecule has 1 rings (SSSR count). The number of carboxylic acids is 1. The van der Waals surface area contributed by atoms with Crippen molar-refractivity contribution in [1.82, 2.24) is 10.2 Å². The highest BCUT2D eigenvalue weighted by atomic mass is 32.2. The number of rotatable bonds is 4. The summed E-state index contributed by atoms with van der Waals surface area (Å²) in [5.41, 5.74) is 0. The van der Waals surface area contributed by atoms with Crippen molar-refractivity contribution in [3.05, 3.63) is 0 Å². The van der Waals surface area contributed by atoms with Crippen molar-refractivity contribution in [3.8, 4) is 0 Å². The highest BCUT2D eigenvalue weighted by Gasteiger charge is 2.24. The lowest BCUT2D eigenvalue weighted by atomic mass is 10.1.